The van der Waals surface area contributed by atoms with Crippen molar-refractivity contribution < 1.29 is 27.4 Å². The first-order valence-electron chi connectivity index (χ1n) is 11.5. The van der Waals surface area contributed by atoms with Crippen molar-refractivity contribution in [2.45, 2.75) is 50.0 Å². The monoisotopic (exact) mass is 490 g/mol. The molecular weight excluding hydrogens is 456 g/mol. The van der Waals surface area contributed by atoms with E-state index in [0.717, 1.165) is 22.7 Å². The third kappa shape index (κ3) is 6.64. The number of hydrogen-bond donors (Lipinski definition) is 1. The van der Waals surface area contributed by atoms with E-state index in [0.29, 0.717) is 37.2 Å². The Balaban J connectivity index is 1.76. The Hall–Kier alpha value is -2.78. The lowest BCUT2D eigenvalue weighted by atomic mass is 10.2. The minimum atomic E-state index is -4.06. The Morgan fingerprint density at radius 3 is 2.41 bits per heavy atom. The number of hydrogen-bond acceptors (Lipinski definition) is 6. The molecule has 8 nitrogen and oxygen atoms in total. The van der Waals surface area contributed by atoms with E-state index in [4.69, 9.17) is 14.2 Å². The first kappa shape index (κ1) is 25.8. The summed E-state index contributed by atoms with van der Waals surface area (Å²) in [5, 5.41) is 2.81. The summed E-state index contributed by atoms with van der Waals surface area (Å²) < 4.78 is 44.8. The first-order valence-corrected chi connectivity index (χ1v) is 13.0. The van der Waals surface area contributed by atoms with Crippen molar-refractivity contribution in [1.29, 1.82) is 0 Å². The second-order valence-electron chi connectivity index (χ2n) is 8.34. The number of rotatable bonds is 12. The Labute approximate surface area is 202 Å². The number of ether oxygens (including phenoxy) is 3. The van der Waals surface area contributed by atoms with Crippen molar-refractivity contribution in [2.24, 2.45) is 0 Å². The van der Waals surface area contributed by atoms with Crippen LogP contribution in [0.5, 0.6) is 11.5 Å². The SMILES string of the molecule is COc1ccc(OC)c(N(CC(=O)NCCCOC2CCCC2)S(=O)(=O)c2ccc(C)cc2)c1. The molecule has 186 valence electrons. The Kier molecular flexibility index (Phi) is 9.18. The molecule has 0 unspecified atom stereocenters. The molecule has 2 aromatic rings. The number of carbonyl (C=O) groups excluding carboxylic acids is 1. The van der Waals surface area contributed by atoms with Crippen LogP contribution >= 0.6 is 0 Å². The van der Waals surface area contributed by atoms with Crippen LogP contribution in [-0.4, -0.2) is 54.3 Å². The lowest BCUT2D eigenvalue weighted by molar-refractivity contribution is -0.119. The molecule has 2 aromatic carbocycles. The predicted octanol–water partition coefficient (Wildman–Crippen LogP) is 3.67. The zero-order valence-corrected chi connectivity index (χ0v) is 20.9. The van der Waals surface area contributed by atoms with E-state index in [1.807, 2.05) is 6.92 Å². The van der Waals surface area contributed by atoms with Gasteiger partial charge < -0.3 is 19.5 Å². The third-order valence-electron chi connectivity index (χ3n) is 5.85. The van der Waals surface area contributed by atoms with Gasteiger partial charge in [-0.2, -0.15) is 0 Å². The van der Waals surface area contributed by atoms with Crippen LogP contribution in [-0.2, 0) is 19.6 Å². The van der Waals surface area contributed by atoms with Crippen LogP contribution < -0.4 is 19.1 Å². The molecule has 9 heteroatoms. The molecule has 3 rings (SSSR count). The molecule has 1 fully saturated rings. The van der Waals surface area contributed by atoms with Gasteiger partial charge in [0.25, 0.3) is 10.0 Å². The molecule has 34 heavy (non-hydrogen) atoms. The van der Waals surface area contributed by atoms with Gasteiger partial charge in [0.15, 0.2) is 0 Å². The average molecular weight is 491 g/mol. The Morgan fingerprint density at radius 1 is 1.06 bits per heavy atom. The number of carbonyl (C=O) groups is 1. The lowest BCUT2D eigenvalue weighted by Gasteiger charge is -2.26. The van der Waals surface area contributed by atoms with Crippen LogP contribution in [0.4, 0.5) is 5.69 Å². The van der Waals surface area contributed by atoms with Gasteiger partial charge in [-0.15, -0.1) is 0 Å². The molecule has 1 aliphatic rings. The van der Waals surface area contributed by atoms with Gasteiger partial charge >= 0.3 is 0 Å². The highest BCUT2D eigenvalue weighted by Crippen LogP contribution is 2.35. The van der Waals surface area contributed by atoms with Crippen LogP contribution in [0.25, 0.3) is 0 Å². The lowest BCUT2D eigenvalue weighted by Crippen LogP contribution is -2.41. The highest BCUT2D eigenvalue weighted by Gasteiger charge is 2.30. The second kappa shape index (κ2) is 12.1. The van der Waals surface area contributed by atoms with Crippen LogP contribution in [0, 0.1) is 6.92 Å². The highest BCUT2D eigenvalue weighted by molar-refractivity contribution is 7.92. The van der Waals surface area contributed by atoms with E-state index in [1.54, 1.807) is 30.3 Å². The van der Waals surface area contributed by atoms with E-state index in [-0.39, 0.29) is 10.6 Å². The number of aryl methyl sites for hydroxylation is 1. The molecule has 0 spiro atoms. The summed E-state index contributed by atoms with van der Waals surface area (Å²) in [7, 11) is -1.12. The Bertz CT molecular complexity index is 1050. The third-order valence-corrected chi connectivity index (χ3v) is 7.62. The Morgan fingerprint density at radius 2 is 1.76 bits per heavy atom. The normalized spacial score (nSPS) is 14.1. The summed E-state index contributed by atoms with van der Waals surface area (Å²) in [4.78, 5) is 12.9. The molecule has 0 radical (unpaired) electrons. The molecule has 1 saturated carbocycles. The highest BCUT2D eigenvalue weighted by atomic mass is 32.2. The van der Waals surface area contributed by atoms with Gasteiger partial charge in [0.1, 0.15) is 18.0 Å². The zero-order valence-electron chi connectivity index (χ0n) is 20.1. The zero-order chi connectivity index (χ0) is 24.6. The number of benzene rings is 2. The predicted molar refractivity (Wildman–Crippen MR) is 131 cm³/mol. The number of methoxy groups -OCH3 is 2. The minimum absolute atomic E-state index is 0.0840. The smallest absolute Gasteiger partial charge is 0.264 e. The van der Waals surface area contributed by atoms with Crippen molar-refractivity contribution in [3.05, 3.63) is 48.0 Å². The van der Waals surface area contributed by atoms with Crippen molar-refractivity contribution in [1.82, 2.24) is 5.32 Å². The quantitative estimate of drug-likeness (QED) is 0.456. The minimum Gasteiger partial charge on any atom is -0.497 e. The topological polar surface area (TPSA) is 94.2 Å². The molecule has 1 aliphatic carbocycles. The van der Waals surface area contributed by atoms with Gasteiger partial charge in [0.2, 0.25) is 5.91 Å². The largest absolute Gasteiger partial charge is 0.497 e. The molecule has 0 heterocycles. The number of sulfonamides is 1. The van der Waals surface area contributed by atoms with Crippen molar-refractivity contribution in [2.75, 3.05) is 38.2 Å². The summed E-state index contributed by atoms with van der Waals surface area (Å²) in [5.74, 6) is 0.347. The molecule has 0 bridgehead atoms. The van der Waals surface area contributed by atoms with Gasteiger partial charge in [-0.05, 0) is 50.5 Å². The van der Waals surface area contributed by atoms with Gasteiger partial charge in [-0.1, -0.05) is 30.5 Å². The average Bonchev–Trinajstić information content (AvgIpc) is 3.35. The van der Waals surface area contributed by atoms with Crippen molar-refractivity contribution >= 4 is 21.6 Å². The van der Waals surface area contributed by atoms with Gasteiger partial charge in [-0.25, -0.2) is 8.42 Å². The van der Waals surface area contributed by atoms with Gasteiger partial charge in [-0.3, -0.25) is 9.10 Å². The number of anilines is 1. The van der Waals surface area contributed by atoms with Gasteiger partial charge in [0, 0.05) is 19.2 Å². The first-order chi connectivity index (χ1) is 16.3. The van der Waals surface area contributed by atoms with Gasteiger partial charge in [0.05, 0.1) is 30.9 Å². The van der Waals surface area contributed by atoms with Crippen molar-refractivity contribution in [3.63, 3.8) is 0 Å². The summed E-state index contributed by atoms with van der Waals surface area (Å²) in [6, 6.07) is 11.3. The summed E-state index contributed by atoms with van der Waals surface area (Å²) in [6.07, 6.45) is 5.60. The maximum absolute atomic E-state index is 13.6. The summed E-state index contributed by atoms with van der Waals surface area (Å²) in [6.45, 7) is 2.45. The molecule has 1 N–H and O–H groups in total. The van der Waals surface area contributed by atoms with Crippen molar-refractivity contribution in [3.8, 4) is 11.5 Å². The molecule has 0 aromatic heterocycles. The summed E-state index contributed by atoms with van der Waals surface area (Å²) >= 11 is 0. The molecule has 0 atom stereocenters. The fourth-order valence-corrected chi connectivity index (χ4v) is 5.34. The van der Waals surface area contributed by atoms with E-state index in [2.05, 4.69) is 5.32 Å². The summed E-state index contributed by atoms with van der Waals surface area (Å²) in [5.41, 5.74) is 1.16. The van der Waals surface area contributed by atoms with Crippen LogP contribution in [0.15, 0.2) is 47.4 Å². The molecule has 0 saturated heterocycles. The van der Waals surface area contributed by atoms with E-state index in [9.17, 15) is 13.2 Å². The van der Waals surface area contributed by atoms with E-state index >= 15 is 0 Å². The van der Waals surface area contributed by atoms with E-state index < -0.39 is 22.5 Å². The number of nitrogens with zero attached hydrogens (tertiary/aromatic N) is 1. The van der Waals surface area contributed by atoms with Crippen LogP contribution in [0.1, 0.15) is 37.7 Å². The number of amides is 1. The number of nitrogens with one attached hydrogen (secondary N) is 1. The second-order valence-corrected chi connectivity index (χ2v) is 10.2. The maximum atomic E-state index is 13.6. The van der Waals surface area contributed by atoms with Crippen LogP contribution in [0.2, 0.25) is 0 Å². The standard InChI is InChI=1S/C25H34N2O6S/c1-19-9-12-22(13-10-19)34(29,30)27(23-17-21(31-2)11-14-24(23)32-3)18-25(28)26-15-6-16-33-20-7-4-5-8-20/h9-14,17,20H,4-8,15-16,18H2,1-3H3,(H,26,28). The molecular formula is C25H34N2O6S. The van der Waals surface area contributed by atoms with Crippen LogP contribution in [0.3, 0.4) is 0 Å². The fraction of sp³-hybridized carbons (Fsp3) is 0.480. The fourth-order valence-electron chi connectivity index (χ4n) is 3.92. The molecule has 1 amide bonds. The van der Waals surface area contributed by atoms with E-state index in [1.165, 1.54) is 39.2 Å². The molecule has 0 aliphatic heterocycles. The maximum Gasteiger partial charge on any atom is 0.264 e.